The van der Waals surface area contributed by atoms with Crippen molar-refractivity contribution in [1.82, 2.24) is 0 Å². The van der Waals surface area contributed by atoms with E-state index >= 15 is 0 Å². The molecule has 0 aliphatic carbocycles. The van der Waals surface area contributed by atoms with Crippen LogP contribution in [0.1, 0.15) is 12.5 Å². The topological polar surface area (TPSA) is 87.9 Å². The third kappa shape index (κ3) is 4.31. The minimum atomic E-state index is -0.968. The Kier molecular flexibility index (Phi) is 5.58. The number of carbonyl (C=O) groups is 2. The van der Waals surface area contributed by atoms with Crippen molar-refractivity contribution < 1.29 is 23.8 Å². The summed E-state index contributed by atoms with van der Waals surface area (Å²) in [6, 6.07) is 5.16. The maximum Gasteiger partial charge on any atom is 0.331 e. The predicted molar refractivity (Wildman–Crippen MR) is 73.3 cm³/mol. The van der Waals surface area contributed by atoms with Gasteiger partial charge in [-0.3, -0.25) is 4.79 Å². The second-order valence-electron chi connectivity index (χ2n) is 3.92. The van der Waals surface area contributed by atoms with Crippen molar-refractivity contribution in [3.8, 4) is 11.5 Å². The first-order chi connectivity index (χ1) is 9.47. The summed E-state index contributed by atoms with van der Waals surface area (Å²) in [5.41, 5.74) is 5.67. The van der Waals surface area contributed by atoms with Gasteiger partial charge in [-0.15, -0.1) is 0 Å². The van der Waals surface area contributed by atoms with Crippen LogP contribution in [0.2, 0.25) is 0 Å². The Hall–Kier alpha value is -2.50. The molecule has 0 heterocycles. The number of esters is 1. The highest BCUT2D eigenvalue weighted by atomic mass is 16.5. The SMILES string of the molecule is COc1ccc(/C=C/C(=O)O[C@@H](C)C(N)=O)c(OC)c1. The van der Waals surface area contributed by atoms with Gasteiger partial charge in [-0.1, -0.05) is 0 Å². The van der Waals surface area contributed by atoms with Gasteiger partial charge in [0.05, 0.1) is 14.2 Å². The first-order valence-electron chi connectivity index (χ1n) is 5.88. The van der Waals surface area contributed by atoms with E-state index in [1.165, 1.54) is 26.2 Å². The highest BCUT2D eigenvalue weighted by Gasteiger charge is 2.12. The van der Waals surface area contributed by atoms with Crippen molar-refractivity contribution in [2.24, 2.45) is 5.73 Å². The summed E-state index contributed by atoms with van der Waals surface area (Å²) < 4.78 is 15.0. The van der Waals surface area contributed by atoms with Crippen LogP contribution in [0.15, 0.2) is 24.3 Å². The van der Waals surface area contributed by atoms with Crippen LogP contribution in [0, 0.1) is 0 Å². The van der Waals surface area contributed by atoms with Crippen molar-refractivity contribution in [1.29, 1.82) is 0 Å². The highest BCUT2D eigenvalue weighted by molar-refractivity contribution is 5.90. The van der Waals surface area contributed by atoms with Gasteiger partial charge in [0, 0.05) is 17.7 Å². The molecule has 0 aliphatic rings. The lowest BCUT2D eigenvalue weighted by molar-refractivity contribution is -0.148. The average Bonchev–Trinajstić information content (AvgIpc) is 2.44. The molecule has 0 fully saturated rings. The maximum absolute atomic E-state index is 11.5. The third-order valence-electron chi connectivity index (χ3n) is 2.53. The number of carbonyl (C=O) groups excluding carboxylic acids is 2. The molecule has 0 saturated heterocycles. The van der Waals surface area contributed by atoms with Crippen molar-refractivity contribution in [2.75, 3.05) is 14.2 Å². The summed E-state index contributed by atoms with van der Waals surface area (Å²) in [4.78, 5) is 22.2. The van der Waals surface area contributed by atoms with E-state index in [1.807, 2.05) is 0 Å². The summed E-state index contributed by atoms with van der Waals surface area (Å²) in [6.07, 6.45) is 1.75. The van der Waals surface area contributed by atoms with E-state index in [0.717, 1.165) is 0 Å². The number of methoxy groups -OCH3 is 2. The van der Waals surface area contributed by atoms with Crippen molar-refractivity contribution >= 4 is 18.0 Å². The van der Waals surface area contributed by atoms with Gasteiger partial charge in [-0.2, -0.15) is 0 Å². The fourth-order valence-corrected chi connectivity index (χ4v) is 1.39. The zero-order valence-electron chi connectivity index (χ0n) is 11.6. The number of rotatable bonds is 6. The fourth-order valence-electron chi connectivity index (χ4n) is 1.39. The van der Waals surface area contributed by atoms with Crippen LogP contribution in [-0.4, -0.2) is 32.2 Å². The van der Waals surface area contributed by atoms with Gasteiger partial charge < -0.3 is 19.9 Å². The number of nitrogens with two attached hydrogens (primary N) is 1. The Morgan fingerprint density at radius 1 is 1.25 bits per heavy atom. The molecule has 0 spiro atoms. The molecule has 0 bridgehead atoms. The number of benzene rings is 1. The lowest BCUT2D eigenvalue weighted by atomic mass is 10.1. The zero-order chi connectivity index (χ0) is 15.1. The lowest BCUT2D eigenvalue weighted by Gasteiger charge is -2.08. The van der Waals surface area contributed by atoms with Crippen LogP contribution in [0.4, 0.5) is 0 Å². The summed E-state index contributed by atoms with van der Waals surface area (Å²) >= 11 is 0. The minimum Gasteiger partial charge on any atom is -0.497 e. The van der Waals surface area contributed by atoms with Crippen molar-refractivity contribution in [3.63, 3.8) is 0 Å². The lowest BCUT2D eigenvalue weighted by Crippen LogP contribution is -2.29. The van der Waals surface area contributed by atoms with E-state index in [4.69, 9.17) is 19.9 Å². The van der Waals surface area contributed by atoms with Crippen molar-refractivity contribution in [3.05, 3.63) is 29.8 Å². The van der Waals surface area contributed by atoms with Crippen LogP contribution < -0.4 is 15.2 Å². The van der Waals surface area contributed by atoms with E-state index in [2.05, 4.69) is 0 Å². The Bertz CT molecular complexity index is 524. The molecule has 0 radical (unpaired) electrons. The monoisotopic (exact) mass is 279 g/mol. The Labute approximate surface area is 117 Å². The molecule has 6 heteroatoms. The second kappa shape index (κ2) is 7.18. The fraction of sp³-hybridized carbons (Fsp3) is 0.286. The van der Waals surface area contributed by atoms with E-state index in [9.17, 15) is 9.59 Å². The van der Waals surface area contributed by atoms with Crippen LogP contribution in [-0.2, 0) is 14.3 Å². The molecule has 0 unspecified atom stereocenters. The highest BCUT2D eigenvalue weighted by Crippen LogP contribution is 2.25. The van der Waals surface area contributed by atoms with Gasteiger partial charge in [0.1, 0.15) is 11.5 Å². The quantitative estimate of drug-likeness (QED) is 0.623. The Balaban J connectivity index is 2.79. The van der Waals surface area contributed by atoms with Crippen LogP contribution in [0.3, 0.4) is 0 Å². The van der Waals surface area contributed by atoms with E-state index in [0.29, 0.717) is 17.1 Å². The standard InChI is InChI=1S/C14H17NO5/c1-9(14(15)17)20-13(16)7-5-10-4-6-11(18-2)8-12(10)19-3/h4-9H,1-3H3,(H2,15,17)/b7-5+/t9-/m0/s1. The van der Waals surface area contributed by atoms with Crippen LogP contribution >= 0.6 is 0 Å². The number of hydrogen-bond acceptors (Lipinski definition) is 5. The summed E-state index contributed by atoms with van der Waals surface area (Å²) in [7, 11) is 3.06. The van der Waals surface area contributed by atoms with E-state index in [-0.39, 0.29) is 0 Å². The molecule has 108 valence electrons. The molecule has 2 N–H and O–H groups in total. The largest absolute Gasteiger partial charge is 0.497 e. The first-order valence-corrected chi connectivity index (χ1v) is 5.88. The second-order valence-corrected chi connectivity index (χ2v) is 3.92. The first kappa shape index (κ1) is 15.6. The molecule has 1 aromatic carbocycles. The maximum atomic E-state index is 11.5. The summed E-state index contributed by atoms with van der Waals surface area (Å²) in [5.74, 6) is -0.164. The molecule has 6 nitrogen and oxygen atoms in total. The zero-order valence-corrected chi connectivity index (χ0v) is 11.6. The Morgan fingerprint density at radius 3 is 2.50 bits per heavy atom. The van der Waals surface area contributed by atoms with Crippen LogP contribution in [0.5, 0.6) is 11.5 Å². The minimum absolute atomic E-state index is 0.552. The van der Waals surface area contributed by atoms with Gasteiger partial charge in [-0.25, -0.2) is 4.79 Å². The number of primary amides is 1. The molecule has 0 aromatic heterocycles. The number of amides is 1. The smallest absolute Gasteiger partial charge is 0.331 e. The van der Waals surface area contributed by atoms with Gasteiger partial charge in [0.15, 0.2) is 6.10 Å². The number of ether oxygens (including phenoxy) is 3. The van der Waals surface area contributed by atoms with Gasteiger partial charge in [-0.05, 0) is 25.1 Å². The van der Waals surface area contributed by atoms with E-state index < -0.39 is 18.0 Å². The molecular weight excluding hydrogens is 262 g/mol. The number of hydrogen-bond donors (Lipinski definition) is 1. The normalized spacial score (nSPS) is 11.9. The van der Waals surface area contributed by atoms with Gasteiger partial charge >= 0.3 is 5.97 Å². The summed E-state index contributed by atoms with van der Waals surface area (Å²) in [5, 5.41) is 0. The van der Waals surface area contributed by atoms with E-state index in [1.54, 1.807) is 25.3 Å². The molecule has 1 aromatic rings. The third-order valence-corrected chi connectivity index (χ3v) is 2.53. The Morgan fingerprint density at radius 2 is 1.95 bits per heavy atom. The van der Waals surface area contributed by atoms with Gasteiger partial charge in [0.2, 0.25) is 0 Å². The molecule has 1 amide bonds. The van der Waals surface area contributed by atoms with Crippen molar-refractivity contribution in [2.45, 2.75) is 13.0 Å². The predicted octanol–water partition coefficient (Wildman–Crippen LogP) is 1.13. The van der Waals surface area contributed by atoms with Gasteiger partial charge in [0.25, 0.3) is 5.91 Å². The molecule has 0 saturated carbocycles. The average molecular weight is 279 g/mol. The molecule has 1 rings (SSSR count). The summed E-state index contributed by atoms with van der Waals surface area (Å²) in [6.45, 7) is 1.40. The molecule has 20 heavy (non-hydrogen) atoms. The molecular formula is C14H17NO5. The molecule has 1 atom stereocenters. The van der Waals surface area contributed by atoms with Crippen LogP contribution in [0.25, 0.3) is 6.08 Å². The molecule has 0 aliphatic heterocycles.